The Hall–Kier alpha value is -12.4. The SMILES string of the molecule is CCOC(=O)C[C@@H]1C[C@@H]([N+](=O)[O-])[C@H](c2ccccc2)C1.CCOC(=O)C[C@@H]1C[C@@H]([N+](=O)[O-])[C@H](c2ccccc2)[C@H]1C=O.COCC[C@@H]1C[C@@H](N)[C@H](c2ccccc2)C1.COCC[C@@H]1C[C@@H](NC(=O)Nc2c(C)c(-c3cnc4c(cnn4C)c3)nn2-c2ccccc2)[C@H](c2ccccc2)C1.COCC[C@@H]1C[C@@H]([N+](=O)[O-])[C@H](c2ccccc2)C1.O=[N+]([O-])[C@@H]1C[C@@H](CCO)C[C@H]1c1ccccc1. The van der Waals surface area contributed by atoms with E-state index in [2.05, 4.69) is 75.3 Å². The number of aromatic nitrogens is 5. The number of rotatable bonds is 32. The molecule has 3 heterocycles. The van der Waals surface area contributed by atoms with Crippen molar-refractivity contribution in [2.75, 3.05) is 66.3 Å². The quantitative estimate of drug-likeness (QED) is 0.0132. The zero-order valence-electron chi connectivity index (χ0n) is 77.7. The van der Waals surface area contributed by atoms with E-state index < -0.39 is 42.0 Å². The Kier molecular flexibility index (Phi) is 39.5. The molecular formula is C104H130N12O18. The molecule has 0 spiro atoms. The van der Waals surface area contributed by atoms with Crippen LogP contribution in [-0.4, -0.2) is 171 Å². The maximum atomic E-state index is 13.6. The molecular weight excluding hydrogens is 1710 g/mol. The second-order valence-electron chi connectivity index (χ2n) is 36.0. The van der Waals surface area contributed by atoms with Crippen LogP contribution in [0.25, 0.3) is 28.0 Å². The maximum absolute atomic E-state index is 13.6. The molecule has 0 aliphatic heterocycles. The van der Waals surface area contributed by atoms with Gasteiger partial charge in [0.25, 0.3) is 0 Å². The Morgan fingerprint density at radius 1 is 0.493 bits per heavy atom. The zero-order valence-corrected chi connectivity index (χ0v) is 77.7. The average Bonchev–Trinajstić information content (AvgIpc) is 1.62. The van der Waals surface area contributed by atoms with Crippen LogP contribution in [0.4, 0.5) is 10.6 Å². The van der Waals surface area contributed by atoms with Crippen LogP contribution in [0.5, 0.6) is 0 Å². The molecule has 0 radical (unpaired) electrons. The molecule has 7 aromatic carbocycles. The van der Waals surface area contributed by atoms with Crippen molar-refractivity contribution in [2.45, 2.75) is 202 Å². The van der Waals surface area contributed by atoms with Gasteiger partial charge in [0.1, 0.15) is 12.1 Å². The van der Waals surface area contributed by atoms with Crippen molar-refractivity contribution in [1.29, 1.82) is 0 Å². The number of nitrogens with two attached hydrogens (primary N) is 1. The summed E-state index contributed by atoms with van der Waals surface area (Å²) in [7, 11) is 7.06. The molecule has 134 heavy (non-hydrogen) atoms. The summed E-state index contributed by atoms with van der Waals surface area (Å²) in [6.07, 6.45) is 17.0. The van der Waals surface area contributed by atoms with Crippen LogP contribution in [0.2, 0.25) is 0 Å². The molecule has 19 atom stereocenters. The fourth-order valence-corrected chi connectivity index (χ4v) is 21.0. The number of amides is 2. The van der Waals surface area contributed by atoms with Gasteiger partial charge in [-0.2, -0.15) is 10.2 Å². The topological polar surface area (TPSA) is 406 Å². The van der Waals surface area contributed by atoms with Crippen molar-refractivity contribution in [1.82, 2.24) is 29.9 Å². The smallest absolute Gasteiger partial charge is 0.320 e. The fourth-order valence-electron chi connectivity index (χ4n) is 21.0. The lowest BCUT2D eigenvalue weighted by atomic mass is 9.84. The summed E-state index contributed by atoms with van der Waals surface area (Å²) in [5.74, 6) is 1.27. The van der Waals surface area contributed by atoms with Gasteiger partial charge in [-0.05, 0) is 184 Å². The first-order valence-electron chi connectivity index (χ1n) is 46.9. The van der Waals surface area contributed by atoms with E-state index in [1.165, 1.54) is 17.5 Å². The molecule has 6 saturated carbocycles. The number of aldehydes is 1. The minimum absolute atomic E-state index is 0.00255. The molecule has 6 fully saturated rings. The highest BCUT2D eigenvalue weighted by atomic mass is 16.6. The van der Waals surface area contributed by atoms with Gasteiger partial charge in [-0.3, -0.25) is 60.0 Å². The Labute approximate surface area is 783 Å². The number of anilines is 1. The molecule has 6 aliphatic rings. The number of fused-ring (bicyclic) bond motifs is 1. The monoisotopic (exact) mass is 1830 g/mol. The van der Waals surface area contributed by atoms with Gasteiger partial charge in [-0.15, -0.1) is 0 Å². The van der Waals surface area contributed by atoms with Gasteiger partial charge in [-0.25, -0.2) is 14.5 Å². The molecule has 10 aromatic rings. The second kappa shape index (κ2) is 51.8. The van der Waals surface area contributed by atoms with Crippen LogP contribution in [0.1, 0.15) is 197 Å². The van der Waals surface area contributed by atoms with Crippen LogP contribution in [-0.2, 0) is 45.1 Å². The van der Waals surface area contributed by atoms with Gasteiger partial charge in [0.15, 0.2) is 5.65 Å². The molecule has 16 rings (SSSR count). The van der Waals surface area contributed by atoms with Crippen LogP contribution >= 0.6 is 0 Å². The Morgan fingerprint density at radius 2 is 0.888 bits per heavy atom. The Morgan fingerprint density at radius 3 is 1.34 bits per heavy atom. The highest BCUT2D eigenvalue weighted by Crippen LogP contribution is 2.49. The van der Waals surface area contributed by atoms with Crippen LogP contribution in [0.15, 0.2) is 231 Å². The number of nitro groups is 4. The summed E-state index contributed by atoms with van der Waals surface area (Å²) in [5.41, 5.74) is 16.9. The van der Waals surface area contributed by atoms with E-state index in [0.717, 1.165) is 133 Å². The standard InChI is InChI=1S/C32H35N7O2.C16H19NO5.C15H19NO4.C14H19NO3.C14H21NO.C13H17NO3/c1-21-29(24-18-25-20-34-38(2)31(25)33-19-24)37-39(26-12-8-5-9-13-26)30(21)36-32(40)35-28-17-22(14-15-41-3)16-27(28)23-10-6-4-7-11-23;1-2-22-15(19)9-12-8-14(17(20)21)16(13(12)10-18)11-6-4-3-5-7-11;1-2-20-15(17)10-11-8-13(14(9-11)16(18)19)12-6-4-3-5-7-12;1-18-8-7-11-9-13(14(10-11)15(16)17)12-5-3-2-4-6-12;1-16-8-7-11-9-13(14(15)10-11)12-5-3-2-4-6-12;15-7-6-10-8-12(13(9-10)14(16)17)11-4-2-1-3-5-11/h4-13,18-20,22,27-28H,14-17H2,1-3H3,(H2,35,36,40);3-7,10,12-14,16H,2,8-9H2,1H3;3-7,11,13-14H,2,8-10H2,1H3;2-6,11,13-14H,7-10H2,1H3;2-6,11,13-14H,7-10,15H2,1H3;1-5,10,12-13,15H,6-9H2/t22-,27-,28+;12-,13-,14+,16+;3*11-,13-,14+;10-,12-,13+/m000000/s1. The van der Waals surface area contributed by atoms with Gasteiger partial charge in [0.2, 0.25) is 24.2 Å². The van der Waals surface area contributed by atoms with Crippen molar-refractivity contribution in [2.24, 2.45) is 54.2 Å². The van der Waals surface area contributed by atoms with E-state index >= 15 is 0 Å². The molecule has 6 aliphatic carbocycles. The lowest BCUT2D eigenvalue weighted by molar-refractivity contribution is -0.524. The van der Waals surface area contributed by atoms with Crippen molar-refractivity contribution in [3.8, 4) is 16.9 Å². The predicted octanol–water partition coefficient (Wildman–Crippen LogP) is 18.4. The minimum Gasteiger partial charge on any atom is -0.466 e. The van der Waals surface area contributed by atoms with E-state index in [4.69, 9.17) is 39.6 Å². The number of nitrogens with zero attached hydrogens (tertiary/aromatic N) is 9. The second-order valence-corrected chi connectivity index (χ2v) is 36.0. The van der Waals surface area contributed by atoms with Gasteiger partial charge < -0.3 is 44.6 Å². The van der Waals surface area contributed by atoms with Crippen molar-refractivity contribution in [3.63, 3.8) is 0 Å². The molecule has 3 aromatic heterocycles. The molecule has 0 unspecified atom stereocenters. The highest BCUT2D eigenvalue weighted by molar-refractivity contribution is 5.92. The van der Waals surface area contributed by atoms with Crippen LogP contribution in [0, 0.1) is 88.8 Å². The number of carbonyl (C=O) groups is 4. The van der Waals surface area contributed by atoms with Gasteiger partial charge in [0, 0.05) is 160 Å². The first-order valence-corrected chi connectivity index (χ1v) is 46.9. The lowest BCUT2D eigenvalue weighted by Gasteiger charge is -2.22. The average molecular weight is 1840 g/mol. The van der Waals surface area contributed by atoms with Crippen molar-refractivity contribution in [3.05, 3.63) is 310 Å². The number of urea groups is 1. The number of aryl methyl sites for hydroxylation is 1. The van der Waals surface area contributed by atoms with Gasteiger partial charge >= 0.3 is 18.0 Å². The number of esters is 2. The zero-order chi connectivity index (χ0) is 95.6. The number of ether oxygens (including phenoxy) is 5. The van der Waals surface area contributed by atoms with E-state index in [1.54, 1.807) is 75.0 Å². The summed E-state index contributed by atoms with van der Waals surface area (Å²) in [5, 5.41) is 70.5. The lowest BCUT2D eigenvalue weighted by Crippen LogP contribution is -2.40. The van der Waals surface area contributed by atoms with Crippen molar-refractivity contribution >= 4 is 41.1 Å². The number of aliphatic hydroxyl groups excluding tert-OH is 1. The Bertz CT molecular complexity index is 5320. The van der Waals surface area contributed by atoms with Crippen molar-refractivity contribution < 1.29 is 67.7 Å². The van der Waals surface area contributed by atoms with E-state index in [-0.39, 0.29) is 112 Å². The molecule has 30 nitrogen and oxygen atoms in total. The largest absolute Gasteiger partial charge is 0.466 e. The number of carbonyl (C=O) groups excluding carboxylic acids is 4. The van der Waals surface area contributed by atoms with Gasteiger partial charge in [-0.1, -0.05) is 200 Å². The number of hydrogen-bond acceptors (Lipinski definition) is 22. The first-order chi connectivity index (χ1) is 65.0. The van der Waals surface area contributed by atoms with Crippen LogP contribution in [0.3, 0.4) is 0 Å². The molecule has 5 N–H and O–H groups in total. The minimum atomic E-state index is -0.850. The van der Waals surface area contributed by atoms with E-state index in [9.17, 15) is 59.6 Å². The summed E-state index contributed by atoms with van der Waals surface area (Å²) in [6, 6.07) is 68.8. The van der Waals surface area contributed by atoms with Crippen LogP contribution < -0.4 is 16.4 Å². The maximum Gasteiger partial charge on any atom is 0.320 e. The summed E-state index contributed by atoms with van der Waals surface area (Å²) < 4.78 is 28.9. The summed E-state index contributed by atoms with van der Waals surface area (Å²) >= 11 is 0. The van der Waals surface area contributed by atoms with Gasteiger partial charge in [0.05, 0.1) is 54.5 Å². The third-order valence-corrected chi connectivity index (χ3v) is 27.5. The predicted molar refractivity (Wildman–Crippen MR) is 513 cm³/mol. The number of hydrogen-bond donors (Lipinski definition) is 4. The summed E-state index contributed by atoms with van der Waals surface area (Å²) in [4.78, 5) is 97.0. The highest BCUT2D eigenvalue weighted by Gasteiger charge is 2.52. The normalized spacial score (nSPS) is 24.7. The number of para-hydroxylation sites is 1. The number of methoxy groups -OCH3 is 3. The third-order valence-electron chi connectivity index (χ3n) is 27.5. The molecule has 30 heteroatoms. The number of nitrogens with one attached hydrogen (secondary N) is 2. The van der Waals surface area contributed by atoms with E-state index in [0.29, 0.717) is 74.9 Å². The van der Waals surface area contributed by atoms with E-state index in [1.807, 2.05) is 160 Å². The number of pyridine rings is 1. The first kappa shape index (κ1) is 102. The summed E-state index contributed by atoms with van der Waals surface area (Å²) in [6.45, 7) is 8.46. The number of benzene rings is 7. The third kappa shape index (κ3) is 28.1. The molecule has 2 amide bonds. The molecule has 0 bridgehead atoms. The molecule has 0 saturated heterocycles. The molecule has 714 valence electrons. The number of aliphatic hydroxyl groups is 1. The Balaban J connectivity index is 0.000000162. The fraction of sp³-hybridized carbons (Fsp3) is 0.471.